The summed E-state index contributed by atoms with van der Waals surface area (Å²) in [5, 5.41) is 10.5. The number of piperidine rings is 1. The van der Waals surface area contributed by atoms with E-state index in [1.54, 1.807) is 32.5 Å². The smallest absolute Gasteiger partial charge is 0.407 e. The van der Waals surface area contributed by atoms with Gasteiger partial charge in [-0.15, -0.1) is 0 Å². The Morgan fingerprint density at radius 3 is 2.32 bits per heavy atom. The van der Waals surface area contributed by atoms with E-state index in [4.69, 9.17) is 14.5 Å². The Labute approximate surface area is 353 Å². The second kappa shape index (κ2) is 22.5. The molecular formula is C45H74FN9O4. The number of pyridine rings is 1. The minimum Gasteiger partial charge on any atom is -0.444 e. The molecule has 3 aromatic rings. The van der Waals surface area contributed by atoms with Gasteiger partial charge >= 0.3 is 6.09 Å². The fraction of sp³-hybridized carbons (Fsp3) is 0.711. The molecule has 3 N–H and O–H groups in total. The third kappa shape index (κ3) is 14.9. The Balaban J connectivity index is 0.00000378. The quantitative estimate of drug-likeness (QED) is 0.107. The molecule has 3 aromatic heterocycles. The minimum atomic E-state index is -1.39. The van der Waals surface area contributed by atoms with Gasteiger partial charge in [0.15, 0.2) is 0 Å². The maximum Gasteiger partial charge on any atom is 0.407 e. The molecule has 0 radical (unpaired) electrons. The molecule has 13 nitrogen and oxygen atoms in total. The van der Waals surface area contributed by atoms with Crippen LogP contribution in [0.5, 0.6) is 0 Å². The van der Waals surface area contributed by atoms with Gasteiger partial charge in [-0.3, -0.25) is 4.79 Å². The summed E-state index contributed by atoms with van der Waals surface area (Å²) in [6, 6.07) is 4.18. The molecular weight excluding hydrogens is 750 g/mol. The van der Waals surface area contributed by atoms with Gasteiger partial charge in [-0.25, -0.2) is 19.2 Å². The van der Waals surface area contributed by atoms with Crippen molar-refractivity contribution in [2.24, 2.45) is 5.92 Å². The van der Waals surface area contributed by atoms with Crippen molar-refractivity contribution in [2.75, 3.05) is 56.7 Å². The summed E-state index contributed by atoms with van der Waals surface area (Å²) in [4.78, 5) is 44.2. The molecule has 1 atom stereocenters. The number of carbonyl (C=O) groups excluding carboxylic acids is 2. The van der Waals surface area contributed by atoms with Crippen molar-refractivity contribution < 1.29 is 23.5 Å². The molecule has 14 heteroatoms. The lowest BCUT2D eigenvalue weighted by Crippen LogP contribution is -2.45. The van der Waals surface area contributed by atoms with E-state index in [9.17, 15) is 9.59 Å². The van der Waals surface area contributed by atoms with Crippen LogP contribution in [-0.4, -0.2) is 106 Å². The zero-order valence-electron chi connectivity index (χ0n) is 37.7. The summed E-state index contributed by atoms with van der Waals surface area (Å²) < 4.78 is 27.9. The van der Waals surface area contributed by atoms with E-state index in [-0.39, 0.29) is 36.7 Å². The summed E-state index contributed by atoms with van der Waals surface area (Å²) in [6.07, 6.45) is 14.7. The van der Waals surface area contributed by atoms with Crippen molar-refractivity contribution in [1.82, 2.24) is 35.1 Å². The summed E-state index contributed by atoms with van der Waals surface area (Å²) in [5.41, 5.74) is -0.334. The number of fused-ring (bicyclic) bond motifs is 1. The van der Waals surface area contributed by atoms with Crippen molar-refractivity contribution >= 4 is 40.5 Å². The van der Waals surface area contributed by atoms with Crippen molar-refractivity contribution in [3.05, 3.63) is 36.3 Å². The summed E-state index contributed by atoms with van der Waals surface area (Å²) >= 11 is 0. The number of likely N-dealkylation sites (tertiary alicyclic amines) is 1. The lowest BCUT2D eigenvalue weighted by Gasteiger charge is -2.33. The number of amides is 2. The largest absolute Gasteiger partial charge is 0.444 e. The summed E-state index contributed by atoms with van der Waals surface area (Å²) in [6.45, 7) is 21.6. The van der Waals surface area contributed by atoms with Crippen LogP contribution in [0.25, 0.3) is 10.9 Å². The minimum absolute atomic E-state index is 0.0712. The van der Waals surface area contributed by atoms with Gasteiger partial charge in [0.2, 0.25) is 5.95 Å². The standard InChI is InChI=1S/C43H68FN9O4.C2H6/c1-9-43(7,44)29-52(22-11-25-56-8)40-45-20-17-37(50-40)49-38-26-36-34(27-46-38)35(28-53(36)30(2)3)39(54)47-33-18-23-51(24-19-33)21-10-12-31-13-15-32(16-14-31)48-41(55)57-42(4,5)6;1-2/h17,20,26-28,30-33H,9-16,18-19,21-25,29H2,1-8H3,(H,47,54)(H,48,55)(H,45,46,49,50);1-2H3. The van der Waals surface area contributed by atoms with Crippen LogP contribution >= 0.6 is 0 Å². The number of hydrogen-bond acceptors (Lipinski definition) is 10. The molecule has 0 aromatic carbocycles. The van der Waals surface area contributed by atoms with Crippen molar-refractivity contribution in [3.8, 4) is 0 Å². The lowest BCUT2D eigenvalue weighted by atomic mass is 9.83. The van der Waals surface area contributed by atoms with Gasteiger partial charge in [0.05, 0.1) is 17.6 Å². The van der Waals surface area contributed by atoms with E-state index in [2.05, 4.69) is 49.2 Å². The van der Waals surface area contributed by atoms with Gasteiger partial charge in [-0.05, 0) is 124 Å². The predicted octanol–water partition coefficient (Wildman–Crippen LogP) is 9.22. The third-order valence-electron chi connectivity index (χ3n) is 11.3. The van der Waals surface area contributed by atoms with Crippen LogP contribution in [0.15, 0.2) is 30.7 Å². The van der Waals surface area contributed by atoms with Crippen LogP contribution in [0.1, 0.15) is 143 Å². The van der Waals surface area contributed by atoms with E-state index >= 15 is 4.39 Å². The maximum atomic E-state index is 15.1. The van der Waals surface area contributed by atoms with Crippen LogP contribution in [0.2, 0.25) is 0 Å². The average molecular weight is 824 g/mol. The fourth-order valence-electron chi connectivity index (χ4n) is 7.92. The highest BCUT2D eigenvalue weighted by atomic mass is 19.1. The highest BCUT2D eigenvalue weighted by Gasteiger charge is 2.28. The van der Waals surface area contributed by atoms with Crippen molar-refractivity contribution in [1.29, 1.82) is 0 Å². The molecule has 330 valence electrons. The van der Waals surface area contributed by atoms with Crippen LogP contribution in [0.3, 0.4) is 0 Å². The number of anilines is 3. The normalized spacial score (nSPS) is 18.8. The molecule has 1 saturated carbocycles. The predicted molar refractivity (Wildman–Crippen MR) is 237 cm³/mol. The van der Waals surface area contributed by atoms with Gasteiger partial charge in [-0.1, -0.05) is 20.8 Å². The number of nitrogens with zero attached hydrogens (tertiary/aromatic N) is 6. The Morgan fingerprint density at radius 2 is 1.68 bits per heavy atom. The van der Waals surface area contributed by atoms with Gasteiger partial charge in [0.1, 0.15) is 22.9 Å². The SMILES string of the molecule is CC.CCC(C)(F)CN(CCCOC)c1nccc(Nc2cc3c(cn2)c(C(=O)NC2CCN(CCCC4CCC(NC(=O)OC(C)(C)C)CC4)CC2)cn3C(C)C)n1. The second-order valence-electron chi connectivity index (χ2n) is 17.6. The van der Waals surface area contributed by atoms with Gasteiger partial charge in [-0.2, -0.15) is 4.98 Å². The first-order chi connectivity index (χ1) is 28.1. The van der Waals surface area contributed by atoms with Gasteiger partial charge < -0.3 is 39.8 Å². The van der Waals surface area contributed by atoms with Crippen molar-refractivity contribution in [3.63, 3.8) is 0 Å². The van der Waals surface area contributed by atoms with E-state index in [1.165, 1.54) is 12.8 Å². The molecule has 5 rings (SSSR count). The molecule has 1 unspecified atom stereocenters. The van der Waals surface area contributed by atoms with E-state index in [0.29, 0.717) is 48.6 Å². The van der Waals surface area contributed by atoms with Crippen molar-refractivity contribution in [2.45, 2.75) is 156 Å². The lowest BCUT2D eigenvalue weighted by molar-refractivity contribution is 0.0486. The average Bonchev–Trinajstić information content (AvgIpc) is 3.59. The number of alkyl halides is 1. The van der Waals surface area contributed by atoms with Crippen LogP contribution in [-0.2, 0) is 9.47 Å². The zero-order chi connectivity index (χ0) is 43.2. The molecule has 4 heterocycles. The topological polar surface area (TPSA) is 139 Å². The molecule has 1 saturated heterocycles. The van der Waals surface area contributed by atoms with Crippen LogP contribution < -0.4 is 20.9 Å². The first kappa shape index (κ1) is 47.6. The Hall–Kier alpha value is -4.04. The summed E-state index contributed by atoms with van der Waals surface area (Å²) in [5.74, 6) is 2.22. The first-order valence-electron chi connectivity index (χ1n) is 22.2. The fourth-order valence-corrected chi connectivity index (χ4v) is 7.92. The number of methoxy groups -OCH3 is 1. The van der Waals surface area contributed by atoms with Gasteiger partial charge in [0, 0.05) is 81.5 Å². The maximum absolute atomic E-state index is 15.1. The summed E-state index contributed by atoms with van der Waals surface area (Å²) in [7, 11) is 1.66. The highest BCUT2D eigenvalue weighted by molar-refractivity contribution is 6.07. The molecule has 1 aliphatic heterocycles. The molecule has 0 bridgehead atoms. The second-order valence-corrected chi connectivity index (χ2v) is 17.6. The molecule has 2 aliphatic rings. The monoisotopic (exact) mass is 824 g/mol. The number of rotatable bonds is 18. The van der Waals surface area contributed by atoms with E-state index < -0.39 is 11.3 Å². The highest BCUT2D eigenvalue weighted by Crippen LogP contribution is 2.30. The molecule has 59 heavy (non-hydrogen) atoms. The number of ether oxygens (including phenoxy) is 2. The third-order valence-corrected chi connectivity index (χ3v) is 11.3. The molecule has 2 fully saturated rings. The number of halogens is 1. The number of hydrogen-bond donors (Lipinski definition) is 3. The Kier molecular flexibility index (Phi) is 18.2. The van der Waals surface area contributed by atoms with E-state index in [1.807, 2.05) is 58.7 Å². The molecule has 1 aliphatic carbocycles. The number of alkyl carbamates (subject to hydrolysis) is 1. The Morgan fingerprint density at radius 1 is 0.983 bits per heavy atom. The molecule has 2 amide bonds. The first-order valence-corrected chi connectivity index (χ1v) is 22.2. The van der Waals surface area contributed by atoms with Gasteiger partial charge in [0.25, 0.3) is 5.91 Å². The number of aromatic nitrogens is 4. The number of carbonyl (C=O) groups is 2. The van der Waals surface area contributed by atoms with Crippen LogP contribution in [0.4, 0.5) is 26.8 Å². The number of nitrogens with one attached hydrogen (secondary N) is 3. The Bertz CT molecular complexity index is 1740. The van der Waals surface area contributed by atoms with E-state index in [0.717, 1.165) is 75.5 Å². The van der Waals surface area contributed by atoms with Crippen LogP contribution in [0, 0.1) is 5.92 Å². The zero-order valence-corrected chi connectivity index (χ0v) is 37.7. The molecule has 0 spiro atoms.